The topological polar surface area (TPSA) is 58.4 Å². The van der Waals surface area contributed by atoms with E-state index in [4.69, 9.17) is 0 Å². The van der Waals surface area contributed by atoms with Crippen LogP contribution in [-0.2, 0) is 11.3 Å². The highest BCUT2D eigenvalue weighted by Gasteiger charge is 2.38. The van der Waals surface area contributed by atoms with Crippen LogP contribution in [0, 0.1) is 26.7 Å². The molecular weight excluding hydrogens is 352 g/mol. The molecule has 6 nitrogen and oxygen atoms in total. The minimum absolute atomic E-state index is 0.0703. The highest BCUT2D eigenvalue weighted by molar-refractivity contribution is 5.94. The second kappa shape index (κ2) is 7.41. The first kappa shape index (κ1) is 18.7. The van der Waals surface area contributed by atoms with Crippen LogP contribution in [0.25, 0.3) is 0 Å². The Morgan fingerprint density at radius 3 is 2.46 bits per heavy atom. The molecule has 0 spiro atoms. The number of fused-ring (bicyclic) bond motifs is 4. The molecule has 2 bridgehead atoms. The van der Waals surface area contributed by atoms with Gasteiger partial charge in [0.25, 0.3) is 5.91 Å². The van der Waals surface area contributed by atoms with Crippen LogP contribution in [0.4, 0.5) is 0 Å². The first-order valence-electron chi connectivity index (χ1n) is 10.1. The van der Waals surface area contributed by atoms with Crippen molar-refractivity contribution in [2.75, 3.05) is 19.6 Å². The molecule has 1 aromatic heterocycles. The summed E-state index contributed by atoms with van der Waals surface area (Å²) in [5.74, 6) is 0.521. The van der Waals surface area contributed by atoms with Gasteiger partial charge in [0.1, 0.15) is 6.54 Å². The fourth-order valence-corrected chi connectivity index (χ4v) is 4.48. The van der Waals surface area contributed by atoms with Crippen LogP contribution in [0.2, 0.25) is 0 Å². The van der Waals surface area contributed by atoms with Crippen LogP contribution in [0.5, 0.6) is 0 Å². The Hall–Kier alpha value is -2.63. The van der Waals surface area contributed by atoms with Gasteiger partial charge in [0.05, 0.1) is 5.69 Å². The van der Waals surface area contributed by atoms with E-state index in [2.05, 4.69) is 5.10 Å². The molecule has 3 fully saturated rings. The molecule has 0 radical (unpaired) electrons. The molecule has 3 saturated heterocycles. The lowest BCUT2D eigenvalue weighted by atomic mass is 9.95. The van der Waals surface area contributed by atoms with Crippen molar-refractivity contribution < 1.29 is 9.59 Å². The van der Waals surface area contributed by atoms with E-state index >= 15 is 0 Å². The second-order valence-electron chi connectivity index (χ2n) is 8.17. The number of piperidine rings is 1. The molecular formula is C22H28N4O2. The summed E-state index contributed by atoms with van der Waals surface area (Å²) in [5.41, 5.74) is 3.89. The average Bonchev–Trinajstić information content (AvgIpc) is 2.92. The minimum Gasteiger partial charge on any atom is -0.336 e. The Morgan fingerprint density at radius 2 is 1.79 bits per heavy atom. The predicted octanol–water partition coefficient (Wildman–Crippen LogP) is 2.57. The van der Waals surface area contributed by atoms with E-state index in [1.165, 1.54) is 0 Å². The molecule has 4 heterocycles. The fraction of sp³-hybridized carbons (Fsp3) is 0.500. The van der Waals surface area contributed by atoms with Crippen molar-refractivity contribution in [1.29, 1.82) is 0 Å². The Labute approximate surface area is 166 Å². The SMILES string of the molecule is Cc1nn(CC(=O)N2C[C@H]3CC[C@@H]2CN(C(=O)c2ccccc2)C3)c(C)c1C. The van der Waals surface area contributed by atoms with Crippen molar-refractivity contribution in [3.8, 4) is 0 Å². The lowest BCUT2D eigenvalue weighted by Crippen LogP contribution is -2.49. The molecule has 6 heteroatoms. The number of amides is 2. The van der Waals surface area contributed by atoms with Crippen LogP contribution in [0.1, 0.15) is 40.2 Å². The van der Waals surface area contributed by atoms with E-state index in [1.54, 1.807) is 0 Å². The van der Waals surface area contributed by atoms with Crippen molar-refractivity contribution in [2.24, 2.45) is 5.92 Å². The van der Waals surface area contributed by atoms with Gasteiger partial charge in [0.15, 0.2) is 0 Å². The van der Waals surface area contributed by atoms with Crippen LogP contribution in [0.15, 0.2) is 30.3 Å². The number of benzene rings is 1. The molecule has 2 amide bonds. The van der Waals surface area contributed by atoms with E-state index in [9.17, 15) is 9.59 Å². The number of nitrogens with zero attached hydrogens (tertiary/aromatic N) is 4. The van der Waals surface area contributed by atoms with Crippen LogP contribution < -0.4 is 0 Å². The molecule has 0 aliphatic carbocycles. The zero-order valence-electron chi connectivity index (χ0n) is 16.9. The third-order valence-corrected chi connectivity index (χ3v) is 6.37. The number of carbonyl (C=O) groups is 2. The van der Waals surface area contributed by atoms with Crippen molar-refractivity contribution >= 4 is 11.8 Å². The Morgan fingerprint density at radius 1 is 1.04 bits per heavy atom. The molecule has 148 valence electrons. The first-order chi connectivity index (χ1) is 13.4. The van der Waals surface area contributed by atoms with Gasteiger partial charge < -0.3 is 9.80 Å². The minimum atomic E-state index is 0.0703. The number of aromatic nitrogens is 2. The highest BCUT2D eigenvalue weighted by atomic mass is 16.2. The summed E-state index contributed by atoms with van der Waals surface area (Å²) in [7, 11) is 0. The van der Waals surface area contributed by atoms with E-state index < -0.39 is 0 Å². The van der Waals surface area contributed by atoms with E-state index in [1.807, 2.05) is 65.6 Å². The van der Waals surface area contributed by atoms with Gasteiger partial charge in [-0.1, -0.05) is 18.2 Å². The van der Waals surface area contributed by atoms with Crippen molar-refractivity contribution in [1.82, 2.24) is 19.6 Å². The molecule has 2 aromatic rings. The fourth-order valence-electron chi connectivity index (χ4n) is 4.48. The number of carbonyl (C=O) groups excluding carboxylic acids is 2. The monoisotopic (exact) mass is 380 g/mol. The van der Waals surface area contributed by atoms with Crippen LogP contribution in [0.3, 0.4) is 0 Å². The van der Waals surface area contributed by atoms with Gasteiger partial charge in [-0.05, 0) is 57.2 Å². The third kappa shape index (κ3) is 3.43. The highest BCUT2D eigenvalue weighted by Crippen LogP contribution is 2.29. The molecule has 0 saturated carbocycles. The van der Waals surface area contributed by atoms with Gasteiger partial charge in [-0.25, -0.2) is 0 Å². The summed E-state index contributed by atoms with van der Waals surface area (Å²) in [6.07, 6.45) is 2.04. The van der Waals surface area contributed by atoms with Crippen molar-refractivity contribution in [3.05, 3.63) is 52.8 Å². The Kier molecular flexibility index (Phi) is 4.96. The molecule has 0 unspecified atom stereocenters. The number of hydrogen-bond donors (Lipinski definition) is 0. The summed E-state index contributed by atoms with van der Waals surface area (Å²) in [4.78, 5) is 30.0. The maximum atomic E-state index is 13.1. The van der Waals surface area contributed by atoms with Crippen molar-refractivity contribution in [2.45, 2.75) is 46.2 Å². The average molecular weight is 380 g/mol. The third-order valence-electron chi connectivity index (χ3n) is 6.37. The molecule has 5 rings (SSSR count). The maximum Gasteiger partial charge on any atom is 0.253 e. The van der Waals surface area contributed by atoms with Gasteiger partial charge in [-0.15, -0.1) is 0 Å². The number of hydrogen-bond acceptors (Lipinski definition) is 3. The summed E-state index contributed by atoms with van der Waals surface area (Å²) in [5, 5.41) is 4.52. The van der Waals surface area contributed by atoms with E-state index in [-0.39, 0.29) is 24.4 Å². The van der Waals surface area contributed by atoms with Gasteiger partial charge >= 0.3 is 0 Å². The Balaban J connectivity index is 1.49. The summed E-state index contributed by atoms with van der Waals surface area (Å²) < 4.78 is 1.82. The van der Waals surface area contributed by atoms with Crippen LogP contribution >= 0.6 is 0 Å². The zero-order chi connectivity index (χ0) is 19.8. The smallest absolute Gasteiger partial charge is 0.253 e. The largest absolute Gasteiger partial charge is 0.336 e. The van der Waals surface area contributed by atoms with Crippen molar-refractivity contribution in [3.63, 3.8) is 0 Å². The molecule has 0 N–H and O–H groups in total. The number of aryl methyl sites for hydroxylation is 1. The zero-order valence-corrected chi connectivity index (χ0v) is 16.9. The molecule has 28 heavy (non-hydrogen) atoms. The lowest BCUT2D eigenvalue weighted by molar-refractivity contribution is -0.136. The molecule has 2 atom stereocenters. The van der Waals surface area contributed by atoms with E-state index in [0.29, 0.717) is 12.5 Å². The lowest BCUT2D eigenvalue weighted by Gasteiger charge is -2.36. The molecule has 3 aliphatic rings. The van der Waals surface area contributed by atoms with E-state index in [0.717, 1.165) is 48.4 Å². The quantitative estimate of drug-likeness (QED) is 0.822. The van der Waals surface area contributed by atoms with Gasteiger partial charge in [-0.2, -0.15) is 5.10 Å². The van der Waals surface area contributed by atoms with Gasteiger partial charge in [-0.3, -0.25) is 14.3 Å². The molecule has 3 aliphatic heterocycles. The summed E-state index contributed by atoms with van der Waals surface area (Å²) in [6.45, 7) is 8.39. The summed E-state index contributed by atoms with van der Waals surface area (Å²) in [6, 6.07) is 9.53. The van der Waals surface area contributed by atoms with Gasteiger partial charge in [0.2, 0.25) is 5.91 Å². The second-order valence-corrected chi connectivity index (χ2v) is 8.17. The maximum absolute atomic E-state index is 13.1. The predicted molar refractivity (Wildman–Crippen MR) is 107 cm³/mol. The standard InChI is InChI=1S/C22H28N4O2/c1-15-16(2)23-26(17(15)3)14-21(27)25-12-18-9-10-20(25)13-24(11-18)22(28)19-7-5-4-6-8-19/h4-8,18,20H,9-14H2,1-3H3/t18-,20+/m0/s1. The first-order valence-corrected chi connectivity index (χ1v) is 10.1. The molecule has 1 aromatic carbocycles. The van der Waals surface area contributed by atoms with Crippen LogP contribution in [-0.4, -0.2) is 57.1 Å². The number of rotatable bonds is 3. The normalized spacial score (nSPS) is 21.7. The summed E-state index contributed by atoms with van der Waals surface area (Å²) >= 11 is 0. The van der Waals surface area contributed by atoms with Gasteiger partial charge in [0, 0.05) is 36.9 Å². The Bertz CT molecular complexity index is 889.